The highest BCUT2D eigenvalue weighted by molar-refractivity contribution is 5.30. The molecule has 1 unspecified atom stereocenters. The van der Waals surface area contributed by atoms with Crippen molar-refractivity contribution in [1.29, 1.82) is 0 Å². The van der Waals surface area contributed by atoms with Gasteiger partial charge in [0.05, 0.1) is 6.61 Å². The summed E-state index contributed by atoms with van der Waals surface area (Å²) in [6, 6.07) is 0. The zero-order valence-electron chi connectivity index (χ0n) is 7.21. The third-order valence-electron chi connectivity index (χ3n) is 2.66. The van der Waals surface area contributed by atoms with Crippen LogP contribution in [0.4, 0.5) is 0 Å². The molecule has 0 radical (unpaired) electrons. The van der Waals surface area contributed by atoms with Crippen LogP contribution in [0.2, 0.25) is 0 Å². The maximum atomic E-state index is 8.93. The van der Waals surface area contributed by atoms with Gasteiger partial charge in [-0.25, -0.2) is 0 Å². The molecular weight excluding hydrogens is 154 g/mol. The number of aliphatic hydroxyl groups excluding tert-OH is 1. The summed E-state index contributed by atoms with van der Waals surface area (Å²) >= 11 is 0. The molecule has 0 bridgehead atoms. The summed E-state index contributed by atoms with van der Waals surface area (Å²) in [5.74, 6) is 1.55. The molecule has 3 nitrogen and oxygen atoms in total. The largest absolute Gasteiger partial charge is 0.390 e. The van der Waals surface area contributed by atoms with Crippen LogP contribution in [0, 0.1) is 0 Å². The Balaban J connectivity index is 2.35. The minimum atomic E-state index is 0.00919. The molecule has 1 heterocycles. The normalized spacial score (nSPS) is 21.3. The molecule has 3 heteroatoms. The topological polar surface area (TPSA) is 46.3 Å². The van der Waals surface area contributed by atoms with Crippen LogP contribution in [0.25, 0.3) is 0 Å². The number of nitrogens with zero attached hydrogens (tertiary/aromatic N) is 1. The molecule has 12 heavy (non-hydrogen) atoms. The van der Waals surface area contributed by atoms with Gasteiger partial charge < -0.3 is 9.63 Å². The van der Waals surface area contributed by atoms with Gasteiger partial charge in [-0.15, -0.1) is 0 Å². The van der Waals surface area contributed by atoms with Crippen LogP contribution in [-0.2, 0) is 13.0 Å². The number of hydrogen-bond acceptors (Lipinski definition) is 3. The van der Waals surface area contributed by atoms with Crippen LogP contribution >= 0.6 is 0 Å². The van der Waals surface area contributed by atoms with Crippen molar-refractivity contribution >= 4 is 0 Å². The van der Waals surface area contributed by atoms with E-state index >= 15 is 0 Å². The number of rotatable bonds is 2. The van der Waals surface area contributed by atoms with Gasteiger partial charge in [-0.1, -0.05) is 12.1 Å². The second kappa shape index (κ2) is 2.90. The molecule has 0 spiro atoms. The summed E-state index contributed by atoms with van der Waals surface area (Å²) in [5.41, 5.74) is 1.89. The fourth-order valence-electron chi connectivity index (χ4n) is 1.91. The third-order valence-corrected chi connectivity index (χ3v) is 2.66. The summed E-state index contributed by atoms with van der Waals surface area (Å²) in [6.45, 7) is 2.16. The highest BCUT2D eigenvalue weighted by atomic mass is 16.5. The predicted molar refractivity (Wildman–Crippen MR) is 43.8 cm³/mol. The summed E-state index contributed by atoms with van der Waals surface area (Å²) in [5, 5.41) is 12.8. The van der Waals surface area contributed by atoms with E-state index in [1.165, 1.54) is 0 Å². The van der Waals surface area contributed by atoms with E-state index in [2.05, 4.69) is 12.1 Å². The molecule has 0 amide bonds. The minimum Gasteiger partial charge on any atom is -0.390 e. The standard InChI is InChI=1S/C9H13NO2/c1-2-6-3-4-7-8(5-11)10-12-9(6)7/h6,11H,2-5H2,1H3. The van der Waals surface area contributed by atoms with Crippen LogP contribution in [0.3, 0.4) is 0 Å². The van der Waals surface area contributed by atoms with E-state index in [-0.39, 0.29) is 6.61 Å². The van der Waals surface area contributed by atoms with Crippen LogP contribution in [0.5, 0.6) is 0 Å². The molecule has 2 rings (SSSR count). The van der Waals surface area contributed by atoms with E-state index in [0.717, 1.165) is 36.3 Å². The zero-order chi connectivity index (χ0) is 8.55. The Kier molecular flexibility index (Phi) is 1.89. The van der Waals surface area contributed by atoms with Gasteiger partial charge in [0.25, 0.3) is 0 Å². The molecule has 0 aliphatic heterocycles. The molecule has 0 saturated carbocycles. The number of aliphatic hydroxyl groups is 1. The molecule has 1 aliphatic rings. The summed E-state index contributed by atoms with van der Waals surface area (Å²) in [6.07, 6.45) is 3.28. The van der Waals surface area contributed by atoms with Gasteiger partial charge in [-0.05, 0) is 19.3 Å². The highest BCUT2D eigenvalue weighted by Crippen LogP contribution is 2.36. The van der Waals surface area contributed by atoms with E-state index in [0.29, 0.717) is 5.92 Å². The van der Waals surface area contributed by atoms with Crippen molar-refractivity contribution < 1.29 is 9.63 Å². The van der Waals surface area contributed by atoms with Crippen LogP contribution in [0.1, 0.15) is 42.7 Å². The quantitative estimate of drug-likeness (QED) is 0.727. The fraction of sp³-hybridized carbons (Fsp3) is 0.667. The first-order chi connectivity index (χ1) is 5.86. The molecule has 0 aromatic carbocycles. The van der Waals surface area contributed by atoms with Gasteiger partial charge in [0.15, 0.2) is 0 Å². The minimum absolute atomic E-state index is 0.00919. The van der Waals surface area contributed by atoms with E-state index in [4.69, 9.17) is 9.63 Å². The van der Waals surface area contributed by atoms with E-state index < -0.39 is 0 Å². The molecule has 1 atom stereocenters. The van der Waals surface area contributed by atoms with Crippen molar-refractivity contribution in [3.8, 4) is 0 Å². The lowest BCUT2D eigenvalue weighted by Gasteiger charge is -2.00. The average molecular weight is 167 g/mol. The number of aromatic nitrogens is 1. The second-order valence-electron chi connectivity index (χ2n) is 3.27. The smallest absolute Gasteiger partial charge is 0.143 e. The Hall–Kier alpha value is -0.830. The van der Waals surface area contributed by atoms with Crippen molar-refractivity contribution in [3.05, 3.63) is 17.0 Å². The molecular formula is C9H13NO2. The number of hydrogen-bond donors (Lipinski definition) is 1. The summed E-state index contributed by atoms with van der Waals surface area (Å²) in [4.78, 5) is 0. The summed E-state index contributed by atoms with van der Waals surface area (Å²) < 4.78 is 5.19. The highest BCUT2D eigenvalue weighted by Gasteiger charge is 2.28. The first kappa shape index (κ1) is 7.80. The van der Waals surface area contributed by atoms with Crippen molar-refractivity contribution in [2.45, 2.75) is 38.7 Å². The second-order valence-corrected chi connectivity index (χ2v) is 3.27. The van der Waals surface area contributed by atoms with Gasteiger partial charge in [0.1, 0.15) is 11.5 Å². The third kappa shape index (κ3) is 0.966. The molecule has 1 aromatic rings. The first-order valence-electron chi connectivity index (χ1n) is 4.45. The monoisotopic (exact) mass is 167 g/mol. The molecule has 0 saturated heterocycles. The molecule has 1 aromatic heterocycles. The van der Waals surface area contributed by atoms with Crippen molar-refractivity contribution in [1.82, 2.24) is 5.16 Å². The van der Waals surface area contributed by atoms with E-state index in [1.807, 2.05) is 0 Å². The predicted octanol–water partition coefficient (Wildman–Crippen LogP) is 1.61. The van der Waals surface area contributed by atoms with Gasteiger partial charge in [0.2, 0.25) is 0 Å². The maximum absolute atomic E-state index is 8.93. The lowest BCUT2D eigenvalue weighted by molar-refractivity contribution is 0.261. The van der Waals surface area contributed by atoms with E-state index in [9.17, 15) is 0 Å². The van der Waals surface area contributed by atoms with Crippen LogP contribution < -0.4 is 0 Å². The Morgan fingerprint density at radius 3 is 3.17 bits per heavy atom. The SMILES string of the molecule is CCC1CCc2c(CO)noc21. The Labute approximate surface area is 71.4 Å². The molecule has 0 fully saturated rings. The van der Waals surface area contributed by atoms with Crippen molar-refractivity contribution in [3.63, 3.8) is 0 Å². The number of fused-ring (bicyclic) bond motifs is 1. The van der Waals surface area contributed by atoms with E-state index in [1.54, 1.807) is 0 Å². The Morgan fingerprint density at radius 2 is 2.50 bits per heavy atom. The van der Waals surface area contributed by atoms with Crippen molar-refractivity contribution in [2.75, 3.05) is 0 Å². The van der Waals surface area contributed by atoms with Gasteiger partial charge in [-0.2, -0.15) is 0 Å². The first-order valence-corrected chi connectivity index (χ1v) is 4.45. The van der Waals surface area contributed by atoms with Gasteiger partial charge in [0, 0.05) is 11.5 Å². The Bertz CT molecular complexity index is 280. The van der Waals surface area contributed by atoms with Crippen LogP contribution in [-0.4, -0.2) is 10.3 Å². The summed E-state index contributed by atoms with van der Waals surface area (Å²) in [7, 11) is 0. The Morgan fingerprint density at radius 1 is 1.67 bits per heavy atom. The van der Waals surface area contributed by atoms with Crippen molar-refractivity contribution in [2.24, 2.45) is 0 Å². The maximum Gasteiger partial charge on any atom is 0.143 e. The lowest BCUT2D eigenvalue weighted by Crippen LogP contribution is -1.88. The van der Waals surface area contributed by atoms with Gasteiger partial charge >= 0.3 is 0 Å². The molecule has 1 N–H and O–H groups in total. The lowest BCUT2D eigenvalue weighted by atomic mass is 10.1. The zero-order valence-corrected chi connectivity index (χ0v) is 7.21. The van der Waals surface area contributed by atoms with Crippen LogP contribution in [0.15, 0.2) is 4.52 Å². The fourth-order valence-corrected chi connectivity index (χ4v) is 1.91. The molecule has 1 aliphatic carbocycles. The average Bonchev–Trinajstić information content (AvgIpc) is 2.62. The van der Waals surface area contributed by atoms with Gasteiger partial charge in [-0.3, -0.25) is 0 Å². The molecule has 66 valence electrons.